The molecule has 0 amide bonds. The van der Waals surface area contributed by atoms with Crippen LogP contribution in [0.1, 0.15) is 22.0 Å². The van der Waals surface area contributed by atoms with Gasteiger partial charge >= 0.3 is 0 Å². The first kappa shape index (κ1) is 12.0. The van der Waals surface area contributed by atoms with Crippen molar-refractivity contribution in [2.75, 3.05) is 5.88 Å². The number of rotatable bonds is 4. The second kappa shape index (κ2) is 4.83. The van der Waals surface area contributed by atoms with Crippen molar-refractivity contribution in [1.29, 1.82) is 0 Å². The van der Waals surface area contributed by atoms with Crippen LogP contribution in [0.2, 0.25) is 0 Å². The maximum atomic E-state index is 10.8. The van der Waals surface area contributed by atoms with E-state index in [1.54, 1.807) is 12.3 Å². The van der Waals surface area contributed by atoms with Crippen molar-refractivity contribution in [3.63, 3.8) is 0 Å². The first-order valence-electron chi connectivity index (χ1n) is 5.01. The molecule has 2 unspecified atom stereocenters. The summed E-state index contributed by atoms with van der Waals surface area (Å²) < 4.78 is 0. The Morgan fingerprint density at radius 2 is 2.29 bits per heavy atom. The maximum absolute atomic E-state index is 10.8. The predicted octanol–water partition coefficient (Wildman–Crippen LogP) is 1.01. The van der Waals surface area contributed by atoms with Crippen LogP contribution in [0.5, 0.6) is 0 Å². The number of aliphatic hydroxyl groups excluding tert-OH is 2. The topological polar surface area (TPSA) is 86.2 Å². The van der Waals surface area contributed by atoms with Gasteiger partial charge in [0.05, 0.1) is 12.0 Å². The first-order chi connectivity index (χ1) is 8.17. The number of H-pyrrole nitrogens is 1. The van der Waals surface area contributed by atoms with Crippen molar-refractivity contribution in [1.82, 2.24) is 9.97 Å². The van der Waals surface area contributed by atoms with Gasteiger partial charge in [0.2, 0.25) is 0 Å². The third-order valence-corrected chi connectivity index (χ3v) is 2.89. The maximum Gasteiger partial charge on any atom is 0.152 e. The molecule has 5 nitrogen and oxygen atoms in total. The standard InChI is InChI=1S/C11H11ClN2O3/c12-2-9(16)10(17)6-1-8-7(5-15)4-14-11(8)13-3-6/h1,3-5,9-10,16-17H,2H2,(H,13,14). The minimum Gasteiger partial charge on any atom is -0.389 e. The summed E-state index contributed by atoms with van der Waals surface area (Å²) in [6, 6.07) is 1.61. The smallest absolute Gasteiger partial charge is 0.152 e. The van der Waals surface area contributed by atoms with Crippen molar-refractivity contribution in [3.8, 4) is 0 Å². The molecule has 2 aromatic rings. The van der Waals surface area contributed by atoms with Crippen LogP contribution >= 0.6 is 11.6 Å². The molecule has 0 saturated carbocycles. The number of nitrogens with zero attached hydrogens (tertiary/aromatic N) is 1. The molecule has 2 aromatic heterocycles. The molecule has 0 aliphatic heterocycles. The van der Waals surface area contributed by atoms with Crippen molar-refractivity contribution < 1.29 is 15.0 Å². The van der Waals surface area contributed by atoms with Gasteiger partial charge in [-0.1, -0.05) is 0 Å². The van der Waals surface area contributed by atoms with Gasteiger partial charge in [-0.3, -0.25) is 4.79 Å². The second-order valence-electron chi connectivity index (χ2n) is 3.69. The summed E-state index contributed by atoms with van der Waals surface area (Å²) in [5.74, 6) is -0.0765. The minimum atomic E-state index is -1.11. The molecule has 3 N–H and O–H groups in total. The van der Waals surface area contributed by atoms with E-state index < -0.39 is 12.2 Å². The Kier molecular flexibility index (Phi) is 3.42. The third kappa shape index (κ3) is 2.17. The van der Waals surface area contributed by atoms with E-state index in [1.807, 2.05) is 0 Å². The molecular formula is C11H11ClN2O3. The summed E-state index contributed by atoms with van der Waals surface area (Å²) in [6.45, 7) is 0. The predicted molar refractivity (Wildman–Crippen MR) is 63.2 cm³/mol. The SMILES string of the molecule is O=Cc1c[nH]c2ncc(C(O)C(O)CCl)cc12. The lowest BCUT2D eigenvalue weighted by atomic mass is 10.1. The Morgan fingerprint density at radius 1 is 1.53 bits per heavy atom. The molecule has 2 rings (SSSR count). The number of pyridine rings is 1. The lowest BCUT2D eigenvalue weighted by molar-refractivity contribution is 0.0326. The Labute approximate surface area is 102 Å². The van der Waals surface area contributed by atoms with Crippen LogP contribution in [0, 0.1) is 0 Å². The van der Waals surface area contributed by atoms with Crippen molar-refractivity contribution in [2.45, 2.75) is 12.2 Å². The number of hydrogen-bond donors (Lipinski definition) is 3. The van der Waals surface area contributed by atoms with Crippen molar-refractivity contribution in [2.24, 2.45) is 0 Å². The van der Waals surface area contributed by atoms with Gasteiger partial charge in [-0.2, -0.15) is 0 Å². The summed E-state index contributed by atoms with van der Waals surface area (Å²) in [5, 5.41) is 19.8. The van der Waals surface area contributed by atoms with Gasteiger partial charge < -0.3 is 15.2 Å². The summed E-state index contributed by atoms with van der Waals surface area (Å²) in [6.07, 6.45) is 1.51. The highest BCUT2D eigenvalue weighted by molar-refractivity contribution is 6.18. The van der Waals surface area contributed by atoms with Gasteiger partial charge in [0.1, 0.15) is 11.8 Å². The minimum absolute atomic E-state index is 0.0765. The highest BCUT2D eigenvalue weighted by atomic mass is 35.5. The third-order valence-electron chi connectivity index (χ3n) is 2.58. The van der Waals surface area contributed by atoms with E-state index in [-0.39, 0.29) is 5.88 Å². The summed E-state index contributed by atoms with van der Waals surface area (Å²) in [7, 11) is 0. The number of aldehydes is 1. The van der Waals surface area contributed by atoms with E-state index in [4.69, 9.17) is 11.6 Å². The average Bonchev–Trinajstić information content (AvgIpc) is 2.78. The van der Waals surface area contributed by atoms with Gasteiger partial charge in [0, 0.05) is 28.9 Å². The number of halogens is 1. The average molecular weight is 255 g/mol. The monoisotopic (exact) mass is 254 g/mol. The molecule has 0 bridgehead atoms. The normalized spacial score (nSPS) is 14.8. The van der Waals surface area contributed by atoms with E-state index in [2.05, 4.69) is 9.97 Å². The Morgan fingerprint density at radius 3 is 2.94 bits per heavy atom. The van der Waals surface area contributed by atoms with Crippen LogP contribution in [0.3, 0.4) is 0 Å². The van der Waals surface area contributed by atoms with E-state index in [1.165, 1.54) is 6.20 Å². The number of alkyl halides is 1. The van der Waals surface area contributed by atoms with Crippen molar-refractivity contribution in [3.05, 3.63) is 29.6 Å². The van der Waals surface area contributed by atoms with Crippen molar-refractivity contribution >= 4 is 28.9 Å². The lowest BCUT2D eigenvalue weighted by Gasteiger charge is -2.15. The largest absolute Gasteiger partial charge is 0.389 e. The number of hydrogen-bond acceptors (Lipinski definition) is 4. The van der Waals surface area contributed by atoms with E-state index in [0.717, 1.165) is 0 Å². The number of carbonyl (C=O) groups excluding carboxylic acids is 1. The molecular weight excluding hydrogens is 244 g/mol. The summed E-state index contributed by atoms with van der Waals surface area (Å²) in [5.41, 5.74) is 1.44. The quantitative estimate of drug-likeness (QED) is 0.561. The number of nitrogens with one attached hydrogen (secondary N) is 1. The molecule has 0 radical (unpaired) electrons. The molecule has 0 aliphatic rings. The zero-order valence-corrected chi connectivity index (χ0v) is 9.55. The molecule has 0 fully saturated rings. The fourth-order valence-corrected chi connectivity index (χ4v) is 1.77. The van der Waals surface area contributed by atoms with Gasteiger partial charge in [0.25, 0.3) is 0 Å². The Bertz CT molecular complexity index is 540. The molecule has 0 aliphatic carbocycles. The van der Waals surface area contributed by atoms with Crippen LogP contribution in [0.15, 0.2) is 18.5 Å². The van der Waals surface area contributed by atoms with Crippen LogP contribution in [0.4, 0.5) is 0 Å². The van der Waals surface area contributed by atoms with E-state index in [9.17, 15) is 15.0 Å². The molecule has 17 heavy (non-hydrogen) atoms. The molecule has 0 spiro atoms. The fraction of sp³-hybridized carbons (Fsp3) is 0.273. The van der Waals surface area contributed by atoms with Crippen LogP contribution in [0.25, 0.3) is 11.0 Å². The van der Waals surface area contributed by atoms with Crippen LogP contribution < -0.4 is 0 Å². The molecule has 2 heterocycles. The van der Waals surface area contributed by atoms with Gasteiger partial charge in [-0.15, -0.1) is 11.6 Å². The molecule has 0 aromatic carbocycles. The molecule has 6 heteroatoms. The molecule has 0 saturated heterocycles. The van der Waals surface area contributed by atoms with Gasteiger partial charge in [-0.25, -0.2) is 4.98 Å². The highest BCUT2D eigenvalue weighted by Gasteiger charge is 2.18. The van der Waals surface area contributed by atoms with E-state index in [0.29, 0.717) is 28.4 Å². The molecule has 2 atom stereocenters. The molecule has 90 valence electrons. The number of carbonyl (C=O) groups is 1. The van der Waals surface area contributed by atoms with Crippen LogP contribution in [-0.2, 0) is 0 Å². The zero-order valence-electron chi connectivity index (χ0n) is 8.80. The fourth-order valence-electron chi connectivity index (χ4n) is 1.61. The van der Waals surface area contributed by atoms with E-state index >= 15 is 0 Å². The highest BCUT2D eigenvalue weighted by Crippen LogP contribution is 2.22. The first-order valence-corrected chi connectivity index (χ1v) is 5.55. The number of fused-ring (bicyclic) bond motifs is 1. The van der Waals surface area contributed by atoms with Gasteiger partial charge in [0.15, 0.2) is 6.29 Å². The second-order valence-corrected chi connectivity index (χ2v) is 4.00. The zero-order chi connectivity index (χ0) is 12.4. The van der Waals surface area contributed by atoms with Gasteiger partial charge in [-0.05, 0) is 6.07 Å². The summed E-state index contributed by atoms with van der Waals surface area (Å²) in [4.78, 5) is 17.7. The number of aromatic nitrogens is 2. The lowest BCUT2D eigenvalue weighted by Crippen LogP contribution is -2.19. The Balaban J connectivity index is 2.45. The Hall–Kier alpha value is -1.43. The number of aromatic amines is 1. The number of aliphatic hydroxyl groups is 2. The summed E-state index contributed by atoms with van der Waals surface area (Å²) >= 11 is 5.46. The van der Waals surface area contributed by atoms with Crippen LogP contribution in [-0.4, -0.2) is 38.5 Å².